The number of carbonyl (C=O) groups is 2. The van der Waals surface area contributed by atoms with Crippen LogP contribution in [0.3, 0.4) is 0 Å². The number of carboxylic acid groups (broad SMARTS) is 1. The molecule has 1 aliphatic carbocycles. The number of benzene rings is 1. The zero-order valence-corrected chi connectivity index (χ0v) is 16.7. The van der Waals surface area contributed by atoms with E-state index in [0.29, 0.717) is 12.5 Å². The van der Waals surface area contributed by atoms with Crippen LogP contribution in [0.4, 0.5) is 11.4 Å². The van der Waals surface area contributed by atoms with Gasteiger partial charge in [0.1, 0.15) is 0 Å². The summed E-state index contributed by atoms with van der Waals surface area (Å²) in [5.41, 5.74) is 1.86. The Labute approximate surface area is 165 Å². The van der Waals surface area contributed by atoms with Crippen LogP contribution in [0.25, 0.3) is 0 Å². The van der Waals surface area contributed by atoms with Gasteiger partial charge in [-0.25, -0.2) is 0 Å². The molecule has 1 aromatic rings. The monoisotopic (exact) mass is 391 g/mol. The van der Waals surface area contributed by atoms with E-state index in [1.807, 2.05) is 29.2 Å². The van der Waals surface area contributed by atoms with Gasteiger partial charge in [-0.1, -0.05) is 25.5 Å². The molecule has 0 bridgehead atoms. The molecule has 2 aliphatic rings. The predicted octanol–water partition coefficient (Wildman–Crippen LogP) is 3.96. The number of amides is 1. The fraction of sp³-hybridized carbons (Fsp3) is 0.600. The number of hydrogen-bond acceptors (Lipinski definition) is 5. The Bertz CT molecular complexity index is 653. The summed E-state index contributed by atoms with van der Waals surface area (Å²) in [5.74, 6) is 0.213. The van der Waals surface area contributed by atoms with Gasteiger partial charge in [-0.3, -0.25) is 9.59 Å². The summed E-state index contributed by atoms with van der Waals surface area (Å²) in [7, 11) is 0. The van der Waals surface area contributed by atoms with E-state index in [2.05, 4.69) is 17.6 Å². The van der Waals surface area contributed by atoms with Crippen LogP contribution in [-0.2, 0) is 9.59 Å². The number of aliphatic carboxylic acids is 1. The molecule has 1 amide bonds. The van der Waals surface area contributed by atoms with E-state index >= 15 is 0 Å². The molecule has 7 heteroatoms. The Morgan fingerprint density at radius 2 is 1.89 bits per heavy atom. The fourth-order valence-corrected chi connectivity index (χ4v) is 4.65. The quantitative estimate of drug-likeness (QED) is 0.496. The highest BCUT2D eigenvalue weighted by atomic mass is 32.2. The highest BCUT2D eigenvalue weighted by Gasteiger charge is 2.39. The third-order valence-electron chi connectivity index (χ3n) is 4.94. The lowest BCUT2D eigenvalue weighted by Crippen LogP contribution is -2.41. The molecule has 1 fully saturated rings. The lowest BCUT2D eigenvalue weighted by Gasteiger charge is -2.29. The van der Waals surface area contributed by atoms with E-state index in [0.717, 1.165) is 55.8 Å². The van der Waals surface area contributed by atoms with E-state index in [9.17, 15) is 14.7 Å². The number of fused-ring (bicyclic) bond motifs is 1. The molecular weight excluding hydrogens is 362 g/mol. The van der Waals surface area contributed by atoms with Gasteiger partial charge >= 0.3 is 5.97 Å². The third kappa shape index (κ3) is 5.31. The average molecular weight is 392 g/mol. The van der Waals surface area contributed by atoms with Crippen LogP contribution in [0.5, 0.6) is 0 Å². The molecule has 27 heavy (non-hydrogen) atoms. The van der Waals surface area contributed by atoms with Gasteiger partial charge in [0, 0.05) is 19.0 Å². The zero-order chi connectivity index (χ0) is 19.3. The van der Waals surface area contributed by atoms with Crippen LogP contribution >= 0.6 is 11.8 Å². The summed E-state index contributed by atoms with van der Waals surface area (Å²) in [6, 6.07) is 8.20. The van der Waals surface area contributed by atoms with Crippen LogP contribution < -0.4 is 10.6 Å². The van der Waals surface area contributed by atoms with E-state index in [1.54, 1.807) is 11.8 Å². The van der Waals surface area contributed by atoms with Crippen molar-refractivity contribution in [2.45, 2.75) is 62.9 Å². The molecule has 148 valence electrons. The topological polar surface area (TPSA) is 81.7 Å². The standard InChI is InChI=1S/C20H29N3O3S/c1-2-3-9-18(24)23(15-10-11-15)12-6-13-27-20(14-19(25)26)21-16-7-4-5-8-17(16)22-20/h4-5,7-8,15,21-22H,2-3,6,9-14H2,1H3,(H,25,26). The number of unbranched alkanes of at least 4 members (excludes halogenated alkanes) is 1. The van der Waals surface area contributed by atoms with Gasteiger partial charge < -0.3 is 20.6 Å². The molecule has 1 saturated carbocycles. The summed E-state index contributed by atoms with van der Waals surface area (Å²) in [6.45, 7) is 2.86. The Morgan fingerprint density at radius 3 is 2.44 bits per heavy atom. The molecule has 1 heterocycles. The summed E-state index contributed by atoms with van der Waals surface area (Å²) in [6.07, 6.45) is 5.70. The minimum atomic E-state index is -0.843. The zero-order valence-electron chi connectivity index (χ0n) is 15.9. The maximum Gasteiger partial charge on any atom is 0.308 e. The van der Waals surface area contributed by atoms with Crippen LogP contribution in [0.15, 0.2) is 24.3 Å². The second-order valence-corrected chi connectivity index (χ2v) is 8.71. The third-order valence-corrected chi connectivity index (χ3v) is 6.28. The van der Waals surface area contributed by atoms with E-state index in [1.165, 1.54) is 0 Å². The van der Waals surface area contributed by atoms with Crippen LogP contribution in [-0.4, -0.2) is 45.2 Å². The van der Waals surface area contributed by atoms with Crippen LogP contribution in [0.1, 0.15) is 51.9 Å². The largest absolute Gasteiger partial charge is 0.481 e. The Balaban J connectivity index is 1.52. The average Bonchev–Trinajstić information content (AvgIpc) is 3.39. The predicted molar refractivity (Wildman–Crippen MR) is 110 cm³/mol. The minimum Gasteiger partial charge on any atom is -0.481 e. The molecule has 6 nitrogen and oxygen atoms in total. The normalized spacial score (nSPS) is 16.9. The number of thioether (sulfide) groups is 1. The van der Waals surface area contributed by atoms with Crippen molar-refractivity contribution < 1.29 is 14.7 Å². The maximum absolute atomic E-state index is 12.4. The molecule has 3 N–H and O–H groups in total. The van der Waals surface area contributed by atoms with E-state index < -0.39 is 11.0 Å². The first-order chi connectivity index (χ1) is 13.0. The van der Waals surface area contributed by atoms with Gasteiger partial charge in [0.05, 0.1) is 17.8 Å². The second kappa shape index (κ2) is 8.87. The molecule has 0 radical (unpaired) electrons. The van der Waals surface area contributed by atoms with Crippen LogP contribution in [0, 0.1) is 0 Å². The number of anilines is 2. The number of nitrogens with zero attached hydrogens (tertiary/aromatic N) is 1. The maximum atomic E-state index is 12.4. The first-order valence-corrected chi connectivity index (χ1v) is 10.8. The molecule has 0 spiro atoms. The first-order valence-electron chi connectivity index (χ1n) is 9.83. The molecule has 3 rings (SSSR count). The number of carbonyl (C=O) groups excluding carboxylic acids is 1. The van der Waals surface area contributed by atoms with Crippen molar-refractivity contribution in [2.75, 3.05) is 22.9 Å². The smallest absolute Gasteiger partial charge is 0.308 e. The highest BCUT2D eigenvalue weighted by molar-refractivity contribution is 8.00. The number of para-hydroxylation sites is 2. The van der Waals surface area contributed by atoms with E-state index in [4.69, 9.17) is 0 Å². The van der Waals surface area contributed by atoms with Crippen molar-refractivity contribution in [3.63, 3.8) is 0 Å². The van der Waals surface area contributed by atoms with Crippen molar-refractivity contribution >= 4 is 35.0 Å². The second-order valence-electron chi connectivity index (χ2n) is 7.32. The lowest BCUT2D eigenvalue weighted by molar-refractivity contribution is -0.137. The minimum absolute atomic E-state index is 0.0197. The van der Waals surface area contributed by atoms with Crippen molar-refractivity contribution in [2.24, 2.45) is 0 Å². The van der Waals surface area contributed by atoms with Crippen molar-refractivity contribution in [3.05, 3.63) is 24.3 Å². The van der Waals surface area contributed by atoms with Crippen molar-refractivity contribution in [3.8, 4) is 0 Å². The molecule has 0 saturated heterocycles. The molecule has 1 aromatic carbocycles. The Morgan fingerprint density at radius 1 is 1.22 bits per heavy atom. The number of carboxylic acids is 1. The van der Waals surface area contributed by atoms with Gasteiger partial charge in [-0.05, 0) is 43.6 Å². The van der Waals surface area contributed by atoms with Crippen molar-refractivity contribution in [1.82, 2.24) is 4.90 Å². The van der Waals surface area contributed by atoms with Crippen LogP contribution in [0.2, 0.25) is 0 Å². The molecule has 0 aromatic heterocycles. The van der Waals surface area contributed by atoms with Gasteiger partial charge in [0.25, 0.3) is 0 Å². The summed E-state index contributed by atoms with van der Waals surface area (Å²) < 4.78 is 0. The van der Waals surface area contributed by atoms with Gasteiger partial charge in [-0.2, -0.15) is 0 Å². The Hall–Kier alpha value is -1.89. The fourth-order valence-electron chi connectivity index (χ4n) is 3.44. The summed E-state index contributed by atoms with van der Waals surface area (Å²) in [4.78, 5) is 25.1. The van der Waals surface area contributed by atoms with E-state index in [-0.39, 0.29) is 12.3 Å². The molecular formula is C20H29N3O3S. The first kappa shape index (κ1) is 19.9. The van der Waals surface area contributed by atoms with Gasteiger partial charge in [0.15, 0.2) is 4.99 Å². The number of nitrogens with one attached hydrogen (secondary N) is 2. The molecule has 0 unspecified atom stereocenters. The summed E-state index contributed by atoms with van der Waals surface area (Å²) >= 11 is 1.58. The molecule has 0 atom stereocenters. The highest BCUT2D eigenvalue weighted by Crippen LogP contribution is 2.42. The van der Waals surface area contributed by atoms with Crippen molar-refractivity contribution in [1.29, 1.82) is 0 Å². The number of rotatable bonds is 11. The molecule has 1 aliphatic heterocycles. The van der Waals surface area contributed by atoms with Gasteiger partial charge in [-0.15, -0.1) is 11.8 Å². The summed E-state index contributed by atoms with van der Waals surface area (Å²) in [5, 5.41) is 16.0. The van der Waals surface area contributed by atoms with Gasteiger partial charge in [0.2, 0.25) is 5.91 Å². The number of hydrogen-bond donors (Lipinski definition) is 3. The lowest BCUT2D eigenvalue weighted by atomic mass is 10.2. The Kier molecular flexibility index (Phi) is 6.52. The SMILES string of the molecule is CCCCC(=O)N(CCCSC1(CC(=O)O)Nc2ccccc2N1)C1CC1.